The van der Waals surface area contributed by atoms with Crippen LogP contribution in [0.2, 0.25) is 0 Å². The molecule has 11 heteroatoms. The Balaban J connectivity index is 2.33. The average Bonchev–Trinajstić information content (AvgIpc) is 2.88. The summed E-state index contributed by atoms with van der Waals surface area (Å²) >= 11 is 0.685. The Labute approximate surface area is 122 Å². The smallest absolute Gasteiger partial charge is 0.435 e. The zero-order valence-corrected chi connectivity index (χ0v) is 12.1. The minimum atomic E-state index is -4.67. The summed E-state index contributed by atoms with van der Waals surface area (Å²) in [6.07, 6.45) is -4.50. The van der Waals surface area contributed by atoms with E-state index >= 15 is 0 Å². The normalized spacial score (nSPS) is 21.6. The second-order valence-corrected chi connectivity index (χ2v) is 7.77. The fraction of sp³-hybridized carbons (Fsp3) is 0.600. The van der Waals surface area contributed by atoms with Crippen LogP contribution in [0, 0.1) is 0 Å². The number of aliphatic carboxylic acids is 1. The molecule has 21 heavy (non-hydrogen) atoms. The van der Waals surface area contributed by atoms with Crippen molar-refractivity contribution in [3.8, 4) is 0 Å². The number of alkyl halides is 3. The third-order valence-electron chi connectivity index (χ3n) is 2.89. The maximum absolute atomic E-state index is 12.7. The predicted molar refractivity (Wildman–Crippen MR) is 67.9 cm³/mol. The topological polar surface area (TPSA) is 89.3 Å². The van der Waals surface area contributed by atoms with Crippen LogP contribution < -0.4 is 0 Å². The van der Waals surface area contributed by atoms with E-state index in [0.717, 1.165) is 10.7 Å². The Morgan fingerprint density at radius 3 is 2.67 bits per heavy atom. The van der Waals surface area contributed by atoms with E-state index in [1.54, 1.807) is 0 Å². The second kappa shape index (κ2) is 5.52. The van der Waals surface area contributed by atoms with Gasteiger partial charge in [0.05, 0.1) is 28.3 Å². The van der Waals surface area contributed by atoms with Crippen LogP contribution >= 0.6 is 11.8 Å². The van der Waals surface area contributed by atoms with Crippen molar-refractivity contribution in [2.24, 2.45) is 0 Å². The summed E-state index contributed by atoms with van der Waals surface area (Å²) in [4.78, 5) is 10.5. The van der Waals surface area contributed by atoms with Crippen molar-refractivity contribution in [3.63, 3.8) is 0 Å². The van der Waals surface area contributed by atoms with Gasteiger partial charge in [0.25, 0.3) is 0 Å². The Morgan fingerprint density at radius 1 is 1.52 bits per heavy atom. The van der Waals surface area contributed by atoms with E-state index in [4.69, 9.17) is 5.11 Å². The first-order valence-corrected chi connectivity index (χ1v) is 8.61. The SMILES string of the molecule is O=C(O)CSc1cc(C(F)(F)F)nn1C1CCS(=O)(=O)C1. The number of aromatic nitrogens is 2. The highest BCUT2D eigenvalue weighted by atomic mass is 32.2. The average molecular weight is 344 g/mol. The van der Waals surface area contributed by atoms with Gasteiger partial charge in [-0.25, -0.2) is 8.42 Å². The summed E-state index contributed by atoms with van der Waals surface area (Å²) in [5.74, 6) is -2.00. The van der Waals surface area contributed by atoms with Gasteiger partial charge in [0.15, 0.2) is 15.5 Å². The maximum atomic E-state index is 12.7. The van der Waals surface area contributed by atoms with Crippen LogP contribution in [0.3, 0.4) is 0 Å². The molecule has 1 N–H and O–H groups in total. The van der Waals surface area contributed by atoms with Gasteiger partial charge in [-0.05, 0) is 6.42 Å². The van der Waals surface area contributed by atoms with E-state index in [2.05, 4.69) is 5.10 Å². The van der Waals surface area contributed by atoms with Crippen molar-refractivity contribution in [3.05, 3.63) is 11.8 Å². The zero-order chi connectivity index (χ0) is 15.8. The molecule has 1 fully saturated rings. The second-order valence-electron chi connectivity index (χ2n) is 4.55. The Morgan fingerprint density at radius 2 is 2.19 bits per heavy atom. The van der Waals surface area contributed by atoms with Crippen molar-refractivity contribution in [2.75, 3.05) is 17.3 Å². The van der Waals surface area contributed by atoms with Gasteiger partial charge in [-0.15, -0.1) is 0 Å². The van der Waals surface area contributed by atoms with Crippen LogP contribution in [0.15, 0.2) is 11.1 Å². The first-order valence-electron chi connectivity index (χ1n) is 5.80. The Hall–Kier alpha value is -1.23. The first kappa shape index (κ1) is 16.1. The molecule has 1 aromatic heterocycles. The summed E-state index contributed by atoms with van der Waals surface area (Å²) in [6.45, 7) is 0. The lowest BCUT2D eigenvalue weighted by Crippen LogP contribution is -2.15. The van der Waals surface area contributed by atoms with Gasteiger partial charge < -0.3 is 5.11 Å². The van der Waals surface area contributed by atoms with E-state index in [1.807, 2.05) is 0 Å². The molecule has 118 valence electrons. The number of nitrogens with zero attached hydrogens (tertiary/aromatic N) is 2. The quantitative estimate of drug-likeness (QED) is 0.832. The minimum Gasteiger partial charge on any atom is -0.481 e. The number of rotatable bonds is 4. The molecule has 1 aliphatic rings. The van der Waals surface area contributed by atoms with E-state index in [1.165, 1.54) is 0 Å². The number of hydrogen-bond acceptors (Lipinski definition) is 5. The van der Waals surface area contributed by atoms with Gasteiger partial charge in [-0.1, -0.05) is 11.8 Å². The lowest BCUT2D eigenvalue weighted by atomic mass is 10.3. The summed E-state index contributed by atoms with van der Waals surface area (Å²) in [5, 5.41) is 12.0. The van der Waals surface area contributed by atoms with E-state index in [0.29, 0.717) is 11.8 Å². The molecule has 1 saturated heterocycles. The fourth-order valence-electron chi connectivity index (χ4n) is 1.99. The van der Waals surface area contributed by atoms with Crippen molar-refractivity contribution < 1.29 is 31.5 Å². The van der Waals surface area contributed by atoms with Crippen LogP contribution in [-0.2, 0) is 20.8 Å². The van der Waals surface area contributed by atoms with Crippen molar-refractivity contribution in [1.29, 1.82) is 0 Å². The summed E-state index contributed by atoms with van der Waals surface area (Å²) in [6, 6.07) is 0.0563. The van der Waals surface area contributed by atoms with E-state index in [9.17, 15) is 26.4 Å². The summed E-state index contributed by atoms with van der Waals surface area (Å²) in [5.41, 5.74) is -1.15. The van der Waals surface area contributed by atoms with E-state index < -0.39 is 39.5 Å². The zero-order valence-electron chi connectivity index (χ0n) is 10.5. The molecule has 1 aliphatic heterocycles. The lowest BCUT2D eigenvalue weighted by Gasteiger charge is -2.12. The molecule has 0 spiro atoms. The Bertz CT molecular complexity index is 654. The van der Waals surface area contributed by atoms with Gasteiger partial charge in [-0.3, -0.25) is 9.48 Å². The highest BCUT2D eigenvalue weighted by molar-refractivity contribution is 7.99. The molecule has 1 aromatic rings. The first-order chi connectivity index (χ1) is 9.58. The highest BCUT2D eigenvalue weighted by Gasteiger charge is 2.38. The monoisotopic (exact) mass is 344 g/mol. The molecule has 0 saturated carbocycles. The van der Waals surface area contributed by atoms with Crippen LogP contribution in [0.1, 0.15) is 18.2 Å². The van der Waals surface area contributed by atoms with Gasteiger partial charge in [-0.2, -0.15) is 18.3 Å². The Kier molecular flexibility index (Phi) is 4.24. The number of carboxylic acids is 1. The molecule has 1 atom stereocenters. The molecule has 0 amide bonds. The van der Waals surface area contributed by atoms with Crippen molar-refractivity contribution in [1.82, 2.24) is 9.78 Å². The fourth-order valence-corrected chi connectivity index (χ4v) is 4.47. The molecule has 0 aliphatic carbocycles. The molecule has 6 nitrogen and oxygen atoms in total. The maximum Gasteiger partial charge on any atom is 0.435 e. The lowest BCUT2D eigenvalue weighted by molar-refractivity contribution is -0.141. The number of carbonyl (C=O) groups is 1. The number of halogens is 3. The van der Waals surface area contributed by atoms with Crippen molar-refractivity contribution >= 4 is 27.6 Å². The molecule has 2 rings (SSSR count). The molecule has 2 heterocycles. The van der Waals surface area contributed by atoms with E-state index in [-0.39, 0.29) is 23.0 Å². The molecule has 0 aromatic carbocycles. The van der Waals surface area contributed by atoms with Crippen LogP contribution in [0.25, 0.3) is 0 Å². The summed E-state index contributed by atoms with van der Waals surface area (Å²) < 4.78 is 61.9. The van der Waals surface area contributed by atoms with Gasteiger partial charge in [0.1, 0.15) is 0 Å². The van der Waals surface area contributed by atoms with Crippen LogP contribution in [0.4, 0.5) is 13.2 Å². The highest BCUT2D eigenvalue weighted by Crippen LogP contribution is 2.35. The largest absolute Gasteiger partial charge is 0.481 e. The molecule has 0 radical (unpaired) electrons. The summed E-state index contributed by atoms with van der Waals surface area (Å²) in [7, 11) is -3.29. The standard InChI is InChI=1S/C10H11F3N2O4S2/c11-10(12,13)7-3-8(20-4-9(16)17)15(14-7)6-1-2-21(18,19)5-6/h3,6H,1-2,4-5H2,(H,16,17). The van der Waals surface area contributed by atoms with Gasteiger partial charge in [0, 0.05) is 6.07 Å². The third kappa shape index (κ3) is 3.90. The number of thioether (sulfide) groups is 1. The third-order valence-corrected chi connectivity index (χ3v) is 5.63. The number of sulfone groups is 1. The van der Waals surface area contributed by atoms with Crippen LogP contribution in [0.5, 0.6) is 0 Å². The van der Waals surface area contributed by atoms with Gasteiger partial charge >= 0.3 is 12.1 Å². The number of hydrogen-bond donors (Lipinski definition) is 1. The van der Waals surface area contributed by atoms with Gasteiger partial charge in [0.2, 0.25) is 0 Å². The molecule has 0 bridgehead atoms. The number of carboxylic acid groups (broad SMARTS) is 1. The molecular formula is C10H11F3N2O4S2. The molecule has 1 unspecified atom stereocenters. The molecular weight excluding hydrogens is 333 g/mol. The van der Waals surface area contributed by atoms with Crippen LogP contribution in [-0.4, -0.2) is 46.5 Å². The predicted octanol–water partition coefficient (Wildman–Crippen LogP) is 1.44. The van der Waals surface area contributed by atoms with Crippen molar-refractivity contribution in [2.45, 2.75) is 23.7 Å². The minimum absolute atomic E-state index is 0.00632.